The first kappa shape index (κ1) is 68.7. The van der Waals surface area contributed by atoms with Crippen LogP contribution in [0.3, 0.4) is 0 Å². The normalized spacial score (nSPS) is 12.9. The molecule has 16 nitrogen and oxygen atoms in total. The number of carbonyl (C=O) groups excluding carboxylic acids is 4. The number of carbonyl (C=O) groups is 6. The van der Waals surface area contributed by atoms with Crippen molar-refractivity contribution in [3.05, 3.63) is 142 Å². The summed E-state index contributed by atoms with van der Waals surface area (Å²) in [5.41, 5.74) is 13.6. The number of hydrogen-bond acceptors (Lipinski definition) is 8. The number of fused-ring (bicyclic) bond motifs is 8. The number of hydrogen-bond donors (Lipinski definition) is 8. The third kappa shape index (κ3) is 13.6. The molecule has 4 aromatic carbocycles. The van der Waals surface area contributed by atoms with Crippen LogP contribution in [-0.2, 0) is 41.6 Å². The van der Waals surface area contributed by atoms with Crippen LogP contribution < -0.4 is 21.3 Å². The Balaban J connectivity index is 1.71. The van der Waals surface area contributed by atoms with Crippen molar-refractivity contribution in [2.75, 3.05) is 21.3 Å². The van der Waals surface area contributed by atoms with Gasteiger partial charge in [-0.2, -0.15) is 0 Å². The molecule has 94 heavy (non-hydrogen) atoms. The van der Waals surface area contributed by atoms with Gasteiger partial charge < -0.3 is 41.4 Å². The Morgan fingerprint density at radius 3 is 1.01 bits per heavy atom. The van der Waals surface area contributed by atoms with Crippen LogP contribution in [-0.4, -0.2) is 65.7 Å². The number of anilines is 4. The number of aromatic nitrogens is 4. The fourth-order valence-corrected chi connectivity index (χ4v) is 12.2. The summed E-state index contributed by atoms with van der Waals surface area (Å²) < 4.78 is 0. The molecule has 0 unspecified atom stereocenters. The van der Waals surface area contributed by atoms with E-state index in [1.54, 1.807) is 0 Å². The number of amides is 4. The highest BCUT2D eigenvalue weighted by Gasteiger charge is 2.35. The van der Waals surface area contributed by atoms with Crippen molar-refractivity contribution in [1.29, 1.82) is 0 Å². The van der Waals surface area contributed by atoms with Gasteiger partial charge in [-0.3, -0.25) is 28.8 Å². The zero-order valence-corrected chi connectivity index (χ0v) is 57.7. The molecule has 0 atom stereocenters. The number of H-pyrrole nitrogens is 2. The number of carboxylic acids is 2. The molecule has 4 amide bonds. The lowest BCUT2D eigenvalue weighted by Gasteiger charge is -2.20. The Morgan fingerprint density at radius 2 is 0.670 bits per heavy atom. The minimum absolute atomic E-state index is 0.00373. The average Bonchev–Trinajstić information content (AvgIpc) is 1.57. The van der Waals surface area contributed by atoms with Gasteiger partial charge in [-0.25, -0.2) is 9.97 Å². The quantitative estimate of drug-likeness (QED) is 0.0454. The highest BCUT2D eigenvalue weighted by atomic mass is 16.4. The SMILES string of the molecule is CCC1=C(C)c2nc1c(-c1ccccc1NC(=O)C(C)(C)C)c1[nH]c(c(CCC(=O)O)c1C)c(-c1ccccc1NC(=O)C(C)(C)C)c1nc(c(-c3ccccc3NC(=O)C(C)(C)C)c3[nH]c(c(CC)c3C)c2-c2ccccc2NC(=O)C(C)(C)C)C(C)=C1CCC(=O)O. The molecular weight excluding hydrogens is 1180 g/mol. The molecule has 0 spiro atoms. The Bertz CT molecular complexity index is 4520. The summed E-state index contributed by atoms with van der Waals surface area (Å²) in [4.78, 5) is 104. The van der Waals surface area contributed by atoms with Gasteiger partial charge in [0.25, 0.3) is 0 Å². The fourth-order valence-electron chi connectivity index (χ4n) is 12.2. The molecule has 490 valence electrons. The van der Waals surface area contributed by atoms with Gasteiger partial charge in [-0.05, 0) is 122 Å². The first-order chi connectivity index (χ1) is 44.1. The highest BCUT2D eigenvalue weighted by molar-refractivity contribution is 6.14. The smallest absolute Gasteiger partial charge is 0.303 e. The second-order valence-electron chi connectivity index (χ2n) is 28.8. The maximum absolute atomic E-state index is 14.4. The summed E-state index contributed by atoms with van der Waals surface area (Å²) >= 11 is 0. The number of aryl methyl sites for hydroxylation is 4. The fraction of sp³-hybridized carbons (Fsp3) is 0.359. The Hall–Kier alpha value is -9.70. The molecule has 2 aliphatic rings. The van der Waals surface area contributed by atoms with E-state index >= 15 is 0 Å². The van der Waals surface area contributed by atoms with Crippen molar-refractivity contribution in [1.82, 2.24) is 19.9 Å². The molecule has 5 heterocycles. The summed E-state index contributed by atoms with van der Waals surface area (Å²) in [7, 11) is 0. The van der Waals surface area contributed by atoms with Crippen LogP contribution in [0.2, 0.25) is 0 Å². The number of rotatable bonds is 16. The number of aliphatic carboxylic acids is 2. The number of nitrogens with zero attached hydrogens (tertiary/aromatic N) is 2. The van der Waals surface area contributed by atoms with E-state index in [0.29, 0.717) is 147 Å². The van der Waals surface area contributed by atoms with E-state index in [9.17, 15) is 39.0 Å². The third-order valence-electron chi connectivity index (χ3n) is 17.7. The van der Waals surface area contributed by atoms with Crippen molar-refractivity contribution in [3.63, 3.8) is 0 Å². The molecule has 16 heteroatoms. The van der Waals surface area contributed by atoms with Gasteiger partial charge in [0.15, 0.2) is 0 Å². The van der Waals surface area contributed by atoms with Crippen LogP contribution in [0.15, 0.2) is 97.1 Å². The maximum atomic E-state index is 14.4. The van der Waals surface area contributed by atoms with E-state index in [1.807, 2.05) is 194 Å². The van der Waals surface area contributed by atoms with Gasteiger partial charge in [0.05, 0.1) is 44.8 Å². The number of carboxylic acid groups (broad SMARTS) is 2. The van der Waals surface area contributed by atoms with E-state index in [1.165, 1.54) is 0 Å². The summed E-state index contributed by atoms with van der Waals surface area (Å²) in [5.74, 6) is -3.06. The van der Waals surface area contributed by atoms with Gasteiger partial charge >= 0.3 is 11.9 Å². The molecule has 9 rings (SSSR count). The molecule has 0 radical (unpaired) electrons. The van der Waals surface area contributed by atoms with Crippen LogP contribution in [0.4, 0.5) is 22.7 Å². The summed E-state index contributed by atoms with van der Waals surface area (Å²) in [6, 6.07) is 30.2. The van der Waals surface area contributed by atoms with Crippen molar-refractivity contribution in [2.45, 2.75) is 163 Å². The van der Waals surface area contributed by atoms with E-state index in [-0.39, 0.29) is 49.3 Å². The second kappa shape index (κ2) is 26.4. The molecule has 0 aliphatic carbocycles. The van der Waals surface area contributed by atoms with Gasteiger partial charge in [-0.1, -0.05) is 170 Å². The molecule has 7 aromatic rings. The monoisotopic (exact) mass is 1270 g/mol. The Morgan fingerprint density at radius 1 is 0.383 bits per heavy atom. The third-order valence-corrected chi connectivity index (χ3v) is 17.7. The van der Waals surface area contributed by atoms with Gasteiger partial charge in [0.2, 0.25) is 23.6 Å². The molecule has 8 bridgehead atoms. The van der Waals surface area contributed by atoms with Crippen molar-refractivity contribution in [2.24, 2.45) is 21.7 Å². The van der Waals surface area contributed by atoms with Crippen LogP contribution in [0.5, 0.6) is 0 Å². The molecular formula is C78H90N8O8. The first-order valence-corrected chi connectivity index (χ1v) is 32.4. The summed E-state index contributed by atoms with van der Waals surface area (Å²) in [5, 5.41) is 34.6. The number of nitrogens with one attached hydrogen (secondary N) is 6. The topological polar surface area (TPSA) is 248 Å². The predicted octanol–water partition coefficient (Wildman–Crippen LogP) is 18.3. The van der Waals surface area contributed by atoms with Gasteiger partial charge in [-0.15, -0.1) is 0 Å². The molecule has 0 fully saturated rings. The lowest BCUT2D eigenvalue weighted by Crippen LogP contribution is -2.27. The molecule has 2 aliphatic heterocycles. The minimum Gasteiger partial charge on any atom is -0.481 e. The van der Waals surface area contributed by atoms with Crippen LogP contribution in [0, 0.1) is 35.5 Å². The van der Waals surface area contributed by atoms with E-state index in [0.717, 1.165) is 22.3 Å². The van der Waals surface area contributed by atoms with Crippen molar-refractivity contribution < 1.29 is 39.0 Å². The molecule has 8 N–H and O–H groups in total. The highest BCUT2D eigenvalue weighted by Crippen LogP contribution is 2.52. The largest absolute Gasteiger partial charge is 0.481 e. The van der Waals surface area contributed by atoms with E-state index < -0.39 is 33.6 Å². The molecule has 3 aromatic heterocycles. The first-order valence-electron chi connectivity index (χ1n) is 32.4. The number of para-hydroxylation sites is 4. The Kier molecular flexibility index (Phi) is 19.3. The van der Waals surface area contributed by atoms with E-state index in [4.69, 9.17) is 9.97 Å². The van der Waals surface area contributed by atoms with Crippen molar-refractivity contribution >= 4 is 103 Å². The predicted molar refractivity (Wildman–Crippen MR) is 382 cm³/mol. The van der Waals surface area contributed by atoms with Crippen LogP contribution in [0.1, 0.15) is 181 Å². The zero-order chi connectivity index (χ0) is 68.8. The van der Waals surface area contributed by atoms with E-state index in [2.05, 4.69) is 58.9 Å². The summed E-state index contributed by atoms with van der Waals surface area (Å²) in [6.45, 7) is 34.3. The number of aromatic amines is 2. The minimum atomic E-state index is -1.05. The number of benzene rings is 4. The molecule has 0 saturated carbocycles. The standard InChI is InChI=1S/C78H90N8O8/c1-19-45-41(3)63-59(49-29-21-25-33-53(49)79-71(91)75(7,8)9)65-43(5)47(37-39-57(87)88)69(85-65)62(52-32-24-28-36-56(52)82-74(94)78(16,17)18)70-48(38-40-58(89)90)44(6)66(86-70)61(51-31-23-27-35-55(51)81-73(93)77(13,14)15)68-46(20-2)42(4)64(84-68)60(67(45)83-63)50-30-22-26-34-54(50)80-72(92)76(10,11)12/h21-36,83,86H,19-20,37-40H2,1-18H3,(H,79,91)(H,80,92)(H,81,93)(H,82,94)(H,87,88)(H,89,90). The van der Waals surface area contributed by atoms with Crippen LogP contribution in [0.25, 0.3) is 88.9 Å². The summed E-state index contributed by atoms with van der Waals surface area (Å²) in [6.07, 6.45) is 0.339. The average molecular weight is 1270 g/mol. The maximum Gasteiger partial charge on any atom is 0.303 e. The van der Waals surface area contributed by atoms with Crippen molar-refractivity contribution in [3.8, 4) is 44.5 Å². The zero-order valence-electron chi connectivity index (χ0n) is 57.7. The van der Waals surface area contributed by atoms with Crippen LogP contribution >= 0.6 is 0 Å². The van der Waals surface area contributed by atoms with Gasteiger partial charge in [0, 0.05) is 102 Å². The lowest BCUT2D eigenvalue weighted by molar-refractivity contribution is -0.137. The van der Waals surface area contributed by atoms with Gasteiger partial charge in [0.1, 0.15) is 0 Å². The Labute approximate surface area is 551 Å². The second-order valence-corrected chi connectivity index (χ2v) is 28.8. The molecule has 0 saturated heterocycles. The number of allylic oxidation sites excluding steroid dienone is 4. The lowest BCUT2D eigenvalue weighted by atomic mass is 9.90.